The van der Waals surface area contributed by atoms with E-state index in [1.807, 2.05) is 0 Å². The minimum absolute atomic E-state index is 0.786. The van der Waals surface area contributed by atoms with Crippen LogP contribution in [0.15, 0.2) is 25.3 Å². The molecule has 0 amide bonds. The van der Waals surface area contributed by atoms with Gasteiger partial charge in [0.1, 0.15) is 5.41 Å². The molecule has 0 unspecified atom stereocenters. The third-order valence-corrected chi connectivity index (χ3v) is 2.80. The zero-order chi connectivity index (χ0) is 15.1. The fourth-order valence-electron chi connectivity index (χ4n) is 1.29. The Bertz CT molecular complexity index is 327. The van der Waals surface area contributed by atoms with Gasteiger partial charge < -0.3 is 24.8 Å². The highest BCUT2D eigenvalue weighted by Gasteiger charge is 2.54. The zero-order valence-corrected chi connectivity index (χ0v) is 10.7. The monoisotopic (exact) mass is 274 g/mol. The average Bonchev–Trinajstić information content (AvgIpc) is 2.40. The highest BCUT2D eigenvalue weighted by molar-refractivity contribution is 5.83. The van der Waals surface area contributed by atoms with Gasteiger partial charge in [0.15, 0.2) is 0 Å². The molecule has 0 saturated carbocycles. The first-order valence-corrected chi connectivity index (χ1v) is 5.38. The number of rotatable bonds is 8. The van der Waals surface area contributed by atoms with E-state index in [-0.39, 0.29) is 0 Å². The van der Waals surface area contributed by atoms with E-state index in [1.165, 1.54) is 0 Å². The van der Waals surface area contributed by atoms with Crippen LogP contribution in [0.3, 0.4) is 0 Å². The van der Waals surface area contributed by atoms with Crippen molar-refractivity contribution in [2.24, 2.45) is 5.41 Å². The topological polar surface area (TPSA) is 113 Å². The highest BCUT2D eigenvalue weighted by Crippen LogP contribution is 2.35. The van der Waals surface area contributed by atoms with Crippen molar-refractivity contribution in [1.82, 2.24) is 0 Å². The van der Waals surface area contributed by atoms with Gasteiger partial charge >= 0.3 is 11.9 Å². The van der Waals surface area contributed by atoms with Crippen molar-refractivity contribution in [2.45, 2.75) is 12.7 Å². The molecular formula is C12H18O7. The lowest BCUT2D eigenvalue weighted by Gasteiger charge is -2.42. The summed E-state index contributed by atoms with van der Waals surface area (Å²) in [6, 6.07) is 0. The molecule has 19 heavy (non-hydrogen) atoms. The van der Waals surface area contributed by atoms with E-state index in [4.69, 9.17) is 9.47 Å². The van der Waals surface area contributed by atoms with Gasteiger partial charge in [-0.25, -0.2) is 9.59 Å². The van der Waals surface area contributed by atoms with Crippen LogP contribution >= 0.6 is 0 Å². The second-order valence-corrected chi connectivity index (χ2v) is 3.95. The summed E-state index contributed by atoms with van der Waals surface area (Å²) >= 11 is 0. The predicted octanol–water partition coefficient (Wildman–Crippen LogP) is -0.876. The molecule has 0 aliphatic carbocycles. The lowest BCUT2D eigenvalue weighted by Crippen LogP contribution is -2.58. The summed E-state index contributed by atoms with van der Waals surface area (Å²) in [7, 11) is 0. The van der Waals surface area contributed by atoms with Crippen molar-refractivity contribution in [2.75, 3.05) is 19.8 Å². The Morgan fingerprint density at radius 2 is 1.32 bits per heavy atom. The second kappa shape index (κ2) is 7.03. The Morgan fingerprint density at radius 3 is 1.53 bits per heavy atom. The maximum Gasteiger partial charge on any atom is 0.333 e. The maximum atomic E-state index is 11.3. The minimum atomic E-state index is -2.08. The van der Waals surface area contributed by atoms with Crippen LogP contribution in [0.25, 0.3) is 0 Å². The lowest BCUT2D eigenvalue weighted by atomic mass is 9.82. The summed E-state index contributed by atoms with van der Waals surface area (Å²) in [5.41, 5.74) is -1.77. The molecule has 3 N–H and O–H groups in total. The minimum Gasteiger partial charge on any atom is -0.419 e. The summed E-state index contributed by atoms with van der Waals surface area (Å²) in [5, 5.41) is 28.0. The fraction of sp³-hybridized carbons (Fsp3) is 0.500. The molecule has 0 aliphatic rings. The summed E-state index contributed by atoms with van der Waals surface area (Å²) in [5.74, 6) is -3.97. The van der Waals surface area contributed by atoms with Crippen molar-refractivity contribution >= 4 is 11.9 Å². The van der Waals surface area contributed by atoms with Gasteiger partial charge in [-0.3, -0.25) is 0 Å². The molecule has 7 heteroatoms. The first-order valence-electron chi connectivity index (χ1n) is 5.38. The van der Waals surface area contributed by atoms with Gasteiger partial charge in [0.05, 0.1) is 19.8 Å². The standard InChI is InChI=1S/C12H18O7/c1-4-9(16)18-11(3,19-10(17)5-2)12(6-13,7-14)8-15/h4-5,13-15H,1-2,6-8H2,3H3. The summed E-state index contributed by atoms with van der Waals surface area (Å²) in [6.45, 7) is 5.14. The largest absolute Gasteiger partial charge is 0.419 e. The molecule has 0 aromatic rings. The number of aliphatic hydroxyl groups is 3. The number of carbonyl (C=O) groups excluding carboxylic acids is 2. The van der Waals surface area contributed by atoms with E-state index in [0.29, 0.717) is 0 Å². The van der Waals surface area contributed by atoms with Crippen LogP contribution in [0.5, 0.6) is 0 Å². The van der Waals surface area contributed by atoms with Crippen molar-refractivity contribution in [3.63, 3.8) is 0 Å². The quantitative estimate of drug-likeness (QED) is 0.299. The zero-order valence-electron chi connectivity index (χ0n) is 10.7. The van der Waals surface area contributed by atoms with E-state index in [1.54, 1.807) is 0 Å². The Morgan fingerprint density at radius 1 is 1.00 bits per heavy atom. The van der Waals surface area contributed by atoms with Gasteiger partial charge in [0.25, 0.3) is 5.79 Å². The van der Waals surface area contributed by atoms with Crippen molar-refractivity contribution in [3.8, 4) is 0 Å². The smallest absolute Gasteiger partial charge is 0.333 e. The molecule has 0 rings (SSSR count). The normalized spacial score (nSPS) is 11.6. The first kappa shape index (κ1) is 17.3. The lowest BCUT2D eigenvalue weighted by molar-refractivity contribution is -0.280. The number of hydrogen-bond donors (Lipinski definition) is 3. The Hall–Kier alpha value is -1.70. The van der Waals surface area contributed by atoms with E-state index in [2.05, 4.69) is 13.2 Å². The van der Waals surface area contributed by atoms with E-state index >= 15 is 0 Å². The van der Waals surface area contributed by atoms with Crippen LogP contribution in [-0.2, 0) is 19.1 Å². The van der Waals surface area contributed by atoms with Crippen LogP contribution in [0.1, 0.15) is 6.92 Å². The molecule has 0 atom stereocenters. The van der Waals surface area contributed by atoms with E-state index in [0.717, 1.165) is 19.1 Å². The van der Waals surface area contributed by atoms with Crippen molar-refractivity contribution < 1.29 is 34.4 Å². The van der Waals surface area contributed by atoms with Gasteiger partial charge in [-0.15, -0.1) is 0 Å². The highest BCUT2D eigenvalue weighted by atomic mass is 16.7. The Balaban J connectivity index is 5.56. The summed E-state index contributed by atoms with van der Waals surface area (Å²) < 4.78 is 9.74. The van der Waals surface area contributed by atoms with Crippen LogP contribution in [0.4, 0.5) is 0 Å². The maximum absolute atomic E-state index is 11.3. The van der Waals surface area contributed by atoms with Crippen LogP contribution in [-0.4, -0.2) is 52.9 Å². The molecule has 0 bridgehead atoms. The Labute approximate surface area is 110 Å². The second-order valence-electron chi connectivity index (χ2n) is 3.95. The molecule has 0 radical (unpaired) electrons. The molecule has 0 saturated heterocycles. The first-order chi connectivity index (χ1) is 8.84. The van der Waals surface area contributed by atoms with Gasteiger partial charge in [0, 0.05) is 19.1 Å². The number of aliphatic hydroxyl groups excluding tert-OH is 3. The molecule has 0 heterocycles. The van der Waals surface area contributed by atoms with E-state index < -0.39 is 43.0 Å². The van der Waals surface area contributed by atoms with Crippen LogP contribution in [0.2, 0.25) is 0 Å². The molecule has 108 valence electrons. The molecule has 0 aliphatic heterocycles. The van der Waals surface area contributed by atoms with Crippen LogP contribution < -0.4 is 0 Å². The van der Waals surface area contributed by atoms with Crippen LogP contribution in [0, 0.1) is 5.41 Å². The number of hydrogen-bond acceptors (Lipinski definition) is 7. The van der Waals surface area contributed by atoms with Crippen molar-refractivity contribution in [3.05, 3.63) is 25.3 Å². The summed E-state index contributed by atoms with van der Waals surface area (Å²) in [4.78, 5) is 22.6. The van der Waals surface area contributed by atoms with Gasteiger partial charge in [-0.2, -0.15) is 0 Å². The average molecular weight is 274 g/mol. The molecular weight excluding hydrogens is 256 g/mol. The van der Waals surface area contributed by atoms with Crippen molar-refractivity contribution in [1.29, 1.82) is 0 Å². The number of esters is 2. The van der Waals surface area contributed by atoms with E-state index in [9.17, 15) is 24.9 Å². The SMILES string of the molecule is C=CC(=O)OC(C)(OC(=O)C=C)C(CO)(CO)CO. The molecule has 0 fully saturated rings. The number of carbonyl (C=O) groups is 2. The van der Waals surface area contributed by atoms with Gasteiger partial charge in [-0.1, -0.05) is 13.2 Å². The third-order valence-electron chi connectivity index (χ3n) is 2.80. The van der Waals surface area contributed by atoms with Gasteiger partial charge in [-0.05, 0) is 0 Å². The molecule has 0 aromatic heterocycles. The third kappa shape index (κ3) is 3.63. The fourth-order valence-corrected chi connectivity index (χ4v) is 1.29. The number of ether oxygens (including phenoxy) is 2. The molecule has 0 spiro atoms. The molecule has 0 aromatic carbocycles. The predicted molar refractivity (Wildman–Crippen MR) is 64.7 cm³/mol. The van der Waals surface area contributed by atoms with Gasteiger partial charge in [0.2, 0.25) is 0 Å². The Kier molecular flexibility index (Phi) is 6.40. The summed E-state index contributed by atoms with van der Waals surface area (Å²) in [6.07, 6.45) is 1.63. The molecule has 7 nitrogen and oxygen atoms in total.